The lowest BCUT2D eigenvalue weighted by molar-refractivity contribution is -0.112. The Morgan fingerprint density at radius 3 is 2.77 bits per heavy atom. The van der Waals surface area contributed by atoms with Crippen LogP contribution in [0, 0.1) is 11.3 Å². The Balaban J connectivity index is 1.90. The highest BCUT2D eigenvalue weighted by molar-refractivity contribution is 9.10. The van der Waals surface area contributed by atoms with Crippen molar-refractivity contribution in [2.24, 2.45) is 0 Å². The number of nitrogens with one attached hydrogen (secondary N) is 1. The monoisotopic (exact) mass is 465 g/mol. The van der Waals surface area contributed by atoms with Crippen LogP contribution in [0.3, 0.4) is 0 Å². The summed E-state index contributed by atoms with van der Waals surface area (Å²) in [5, 5.41) is 12.4. The van der Waals surface area contributed by atoms with Gasteiger partial charge < -0.3 is 10.2 Å². The Hall–Kier alpha value is -2.58. The highest BCUT2D eigenvalue weighted by atomic mass is 79.9. The minimum absolute atomic E-state index is 0.0872. The first-order valence-corrected chi connectivity index (χ1v) is 11.1. The first-order valence-electron chi connectivity index (χ1n) is 10.4. The van der Waals surface area contributed by atoms with Crippen LogP contribution in [0.1, 0.15) is 57.6 Å². The molecule has 2 aromatic rings. The van der Waals surface area contributed by atoms with Crippen LogP contribution in [0.2, 0.25) is 0 Å². The smallest absolute Gasteiger partial charge is 0.266 e. The second kappa shape index (κ2) is 9.06. The van der Waals surface area contributed by atoms with Gasteiger partial charge in [-0.25, -0.2) is 0 Å². The van der Waals surface area contributed by atoms with Crippen LogP contribution in [-0.2, 0) is 4.79 Å². The van der Waals surface area contributed by atoms with Crippen molar-refractivity contribution in [3.05, 3.63) is 63.6 Å². The zero-order valence-electron chi connectivity index (χ0n) is 18.0. The van der Waals surface area contributed by atoms with E-state index in [1.54, 1.807) is 18.2 Å². The van der Waals surface area contributed by atoms with Crippen LogP contribution in [0.15, 0.2) is 52.5 Å². The third-order valence-corrected chi connectivity index (χ3v) is 6.11. The van der Waals surface area contributed by atoms with Crippen molar-refractivity contribution in [3.63, 3.8) is 0 Å². The first kappa shape index (κ1) is 22.1. The van der Waals surface area contributed by atoms with Crippen LogP contribution in [0.25, 0.3) is 6.08 Å². The lowest BCUT2D eigenvalue weighted by Gasteiger charge is -2.47. The highest BCUT2D eigenvalue weighted by Crippen LogP contribution is 2.43. The molecular formula is C25H28BrN3O. The Kier molecular flexibility index (Phi) is 6.67. The van der Waals surface area contributed by atoms with E-state index in [0.717, 1.165) is 29.4 Å². The van der Waals surface area contributed by atoms with Crippen molar-refractivity contribution in [1.29, 1.82) is 5.26 Å². The second-order valence-electron chi connectivity index (χ2n) is 8.52. The molecule has 1 aliphatic rings. The van der Waals surface area contributed by atoms with Crippen molar-refractivity contribution < 1.29 is 4.79 Å². The van der Waals surface area contributed by atoms with Gasteiger partial charge in [0.2, 0.25) is 0 Å². The summed E-state index contributed by atoms with van der Waals surface area (Å²) in [5.41, 5.74) is 4.26. The average Bonchev–Trinajstić information content (AvgIpc) is 2.69. The number of anilines is 2. The predicted octanol–water partition coefficient (Wildman–Crippen LogP) is 6.50. The van der Waals surface area contributed by atoms with Gasteiger partial charge in [-0.05, 0) is 80.1 Å². The van der Waals surface area contributed by atoms with Crippen molar-refractivity contribution in [1.82, 2.24) is 0 Å². The van der Waals surface area contributed by atoms with E-state index in [0.29, 0.717) is 11.6 Å². The molecule has 0 radical (unpaired) electrons. The topological polar surface area (TPSA) is 56.1 Å². The number of fused-ring (bicyclic) bond motifs is 1. The first-order chi connectivity index (χ1) is 14.2. The molecule has 0 aromatic heterocycles. The quantitative estimate of drug-likeness (QED) is 0.404. The van der Waals surface area contributed by atoms with Gasteiger partial charge in [-0.15, -0.1) is 0 Å². The fraction of sp³-hybridized carbons (Fsp3) is 0.360. The van der Waals surface area contributed by atoms with E-state index in [2.05, 4.69) is 66.0 Å². The number of nitriles is 1. The zero-order valence-corrected chi connectivity index (χ0v) is 19.6. The van der Waals surface area contributed by atoms with Gasteiger partial charge in [0, 0.05) is 27.9 Å². The summed E-state index contributed by atoms with van der Waals surface area (Å²) in [5.74, 6) is 0.00704. The number of halogens is 1. The average molecular weight is 466 g/mol. The van der Waals surface area contributed by atoms with Crippen molar-refractivity contribution >= 4 is 39.3 Å². The maximum atomic E-state index is 12.6. The summed E-state index contributed by atoms with van der Waals surface area (Å²) >= 11 is 3.39. The minimum atomic E-state index is -0.407. The number of amides is 1. The molecule has 1 N–H and O–H groups in total. The van der Waals surface area contributed by atoms with E-state index in [1.165, 1.54) is 11.3 Å². The molecule has 0 spiro atoms. The van der Waals surface area contributed by atoms with Gasteiger partial charge in [-0.2, -0.15) is 5.26 Å². The lowest BCUT2D eigenvalue weighted by Crippen LogP contribution is -2.48. The fourth-order valence-electron chi connectivity index (χ4n) is 4.33. The number of nitrogens with zero attached hydrogens (tertiary/aromatic N) is 2. The zero-order chi connectivity index (χ0) is 21.9. The summed E-state index contributed by atoms with van der Waals surface area (Å²) in [6.45, 7) is 10.1. The van der Waals surface area contributed by atoms with Gasteiger partial charge in [0.15, 0.2) is 0 Å². The van der Waals surface area contributed by atoms with Gasteiger partial charge >= 0.3 is 0 Å². The van der Waals surface area contributed by atoms with Crippen LogP contribution >= 0.6 is 15.9 Å². The summed E-state index contributed by atoms with van der Waals surface area (Å²) in [4.78, 5) is 15.1. The Morgan fingerprint density at radius 2 is 2.10 bits per heavy atom. The molecular weight excluding hydrogens is 438 g/mol. The summed E-state index contributed by atoms with van der Waals surface area (Å²) in [7, 11) is 0. The Morgan fingerprint density at radius 1 is 1.33 bits per heavy atom. The van der Waals surface area contributed by atoms with Gasteiger partial charge in [0.05, 0.1) is 0 Å². The van der Waals surface area contributed by atoms with Crippen molar-refractivity contribution in [2.75, 3.05) is 16.8 Å². The van der Waals surface area contributed by atoms with Crippen LogP contribution in [0.4, 0.5) is 11.4 Å². The molecule has 156 valence electrons. The van der Waals surface area contributed by atoms with Crippen LogP contribution in [-0.4, -0.2) is 18.0 Å². The van der Waals surface area contributed by atoms with E-state index in [-0.39, 0.29) is 11.1 Å². The minimum Gasteiger partial charge on any atom is -0.366 e. The number of carbonyl (C=O) groups is 1. The highest BCUT2D eigenvalue weighted by Gasteiger charge is 2.35. The molecule has 2 aromatic carbocycles. The normalized spacial score (nSPS) is 17.8. The number of hydrogen-bond donors (Lipinski definition) is 1. The number of benzene rings is 2. The molecule has 0 bridgehead atoms. The molecule has 1 amide bonds. The third-order valence-electron chi connectivity index (χ3n) is 5.62. The molecule has 0 saturated carbocycles. The third kappa shape index (κ3) is 4.76. The molecule has 1 heterocycles. The molecule has 4 nitrogen and oxygen atoms in total. The van der Waals surface area contributed by atoms with Crippen LogP contribution < -0.4 is 10.2 Å². The van der Waals surface area contributed by atoms with Gasteiger partial charge in [-0.1, -0.05) is 41.9 Å². The number of rotatable bonds is 5. The Bertz CT molecular complexity index is 1020. The summed E-state index contributed by atoms with van der Waals surface area (Å²) in [6, 6.07) is 15.6. The number of hydrogen-bond acceptors (Lipinski definition) is 3. The lowest BCUT2D eigenvalue weighted by atomic mass is 9.79. The summed E-state index contributed by atoms with van der Waals surface area (Å²) in [6.07, 6.45) is 3.83. The fourth-order valence-corrected chi connectivity index (χ4v) is 4.72. The maximum Gasteiger partial charge on any atom is 0.266 e. The predicted molar refractivity (Wildman–Crippen MR) is 128 cm³/mol. The second-order valence-corrected chi connectivity index (χ2v) is 9.44. The van der Waals surface area contributed by atoms with E-state index in [9.17, 15) is 10.1 Å². The number of carbonyl (C=O) groups excluding carboxylic acids is 1. The van der Waals surface area contributed by atoms with E-state index >= 15 is 0 Å². The molecule has 1 unspecified atom stereocenters. The molecule has 5 heteroatoms. The van der Waals surface area contributed by atoms with E-state index < -0.39 is 5.91 Å². The molecule has 30 heavy (non-hydrogen) atoms. The molecule has 0 aliphatic carbocycles. The van der Waals surface area contributed by atoms with Gasteiger partial charge in [0.1, 0.15) is 11.6 Å². The maximum absolute atomic E-state index is 12.6. The van der Waals surface area contributed by atoms with Gasteiger partial charge in [0.25, 0.3) is 5.91 Å². The van der Waals surface area contributed by atoms with Crippen LogP contribution in [0.5, 0.6) is 0 Å². The Labute approximate surface area is 187 Å². The SMILES string of the molecule is CCCN1c2ccc(/C=C(\C#N)C(=O)Nc3cccc(Br)c3)cc2C(C)CC1(C)C. The largest absolute Gasteiger partial charge is 0.366 e. The van der Waals surface area contributed by atoms with Crippen molar-refractivity contribution in [2.45, 2.75) is 52.0 Å². The van der Waals surface area contributed by atoms with Gasteiger partial charge in [-0.3, -0.25) is 4.79 Å². The molecule has 1 aliphatic heterocycles. The molecule has 3 rings (SSSR count). The van der Waals surface area contributed by atoms with Crippen molar-refractivity contribution in [3.8, 4) is 6.07 Å². The molecule has 0 saturated heterocycles. The summed E-state index contributed by atoms with van der Waals surface area (Å²) < 4.78 is 0.867. The molecule has 1 atom stereocenters. The van der Waals surface area contributed by atoms with E-state index in [4.69, 9.17) is 0 Å². The standard InChI is InChI=1S/C25H28BrN3O/c1-5-11-29-23-10-9-18(13-22(23)17(2)15-25(29,3)4)12-19(16-27)24(30)28-21-8-6-7-20(26)14-21/h6-10,12-14,17H,5,11,15H2,1-4H3,(H,28,30)/b19-12+. The molecule has 0 fully saturated rings. The van der Waals surface area contributed by atoms with E-state index in [1.807, 2.05) is 24.3 Å².